The van der Waals surface area contributed by atoms with Crippen LogP contribution in [-0.4, -0.2) is 45.4 Å². The summed E-state index contributed by atoms with van der Waals surface area (Å²) in [6, 6.07) is 6.38. The van der Waals surface area contributed by atoms with Crippen molar-refractivity contribution in [1.82, 2.24) is 19.9 Å². The molecule has 1 saturated heterocycles. The number of nitrogens with one attached hydrogen (secondary N) is 1. The molecule has 0 aliphatic carbocycles. The molecule has 1 fully saturated rings. The number of nitrogens with two attached hydrogens (primary N) is 1. The molecule has 29 heavy (non-hydrogen) atoms. The highest BCUT2D eigenvalue weighted by atomic mass is 32.1. The minimum Gasteiger partial charge on any atom is -0.368 e. The number of thiazole rings is 1. The zero-order valence-corrected chi connectivity index (χ0v) is 16.5. The van der Waals surface area contributed by atoms with Crippen LogP contribution >= 0.6 is 11.3 Å². The van der Waals surface area contributed by atoms with Gasteiger partial charge in [0.2, 0.25) is 11.9 Å². The second-order valence-corrected chi connectivity index (χ2v) is 7.89. The van der Waals surface area contributed by atoms with Crippen LogP contribution in [-0.2, 0) is 4.79 Å². The highest BCUT2D eigenvalue weighted by molar-refractivity contribution is 7.13. The topological polar surface area (TPSA) is 97.0 Å². The van der Waals surface area contributed by atoms with Crippen molar-refractivity contribution in [1.29, 1.82) is 0 Å². The molecule has 0 saturated carbocycles. The Labute approximate surface area is 171 Å². The van der Waals surface area contributed by atoms with Crippen LogP contribution in [0.25, 0.3) is 11.1 Å². The Balaban J connectivity index is 1.52. The number of carbonyl (C=O) groups excluding carboxylic acids is 1. The maximum absolute atomic E-state index is 13.7. The maximum atomic E-state index is 13.7. The summed E-state index contributed by atoms with van der Waals surface area (Å²) in [6.45, 7) is 1.79. The van der Waals surface area contributed by atoms with Crippen LogP contribution in [0.5, 0.6) is 0 Å². The smallest absolute Gasteiger partial charge is 0.240 e. The fourth-order valence-corrected chi connectivity index (χ4v) is 4.21. The number of likely N-dealkylation sites (tertiary alicyclic amines) is 1. The SMILES string of the molecule is Nc1ncc(-c2cccc(F)c2)c([C@H]2CCCN(CC(=O)Nc3nccs3)C2)n1. The Morgan fingerprint density at radius 3 is 3.07 bits per heavy atom. The number of nitrogen functional groups attached to an aromatic ring is 1. The van der Waals surface area contributed by atoms with Gasteiger partial charge in [-0.2, -0.15) is 0 Å². The lowest BCUT2D eigenvalue weighted by Gasteiger charge is -2.32. The molecule has 4 rings (SSSR count). The molecular weight excluding hydrogens is 391 g/mol. The highest BCUT2D eigenvalue weighted by Crippen LogP contribution is 2.33. The zero-order chi connectivity index (χ0) is 20.2. The molecule has 3 aromatic rings. The van der Waals surface area contributed by atoms with Gasteiger partial charge in [-0.25, -0.2) is 19.3 Å². The Morgan fingerprint density at radius 2 is 2.28 bits per heavy atom. The van der Waals surface area contributed by atoms with Crippen molar-refractivity contribution in [2.75, 3.05) is 30.7 Å². The van der Waals surface area contributed by atoms with Gasteiger partial charge in [-0.05, 0) is 37.1 Å². The Kier molecular flexibility index (Phi) is 5.77. The van der Waals surface area contributed by atoms with Crippen LogP contribution in [0.3, 0.4) is 0 Å². The van der Waals surface area contributed by atoms with Crippen molar-refractivity contribution in [3.8, 4) is 11.1 Å². The van der Waals surface area contributed by atoms with Crippen molar-refractivity contribution < 1.29 is 9.18 Å². The van der Waals surface area contributed by atoms with E-state index in [9.17, 15) is 9.18 Å². The Bertz CT molecular complexity index is 996. The summed E-state index contributed by atoms with van der Waals surface area (Å²) >= 11 is 1.39. The van der Waals surface area contributed by atoms with E-state index in [-0.39, 0.29) is 30.1 Å². The fraction of sp³-hybridized carbons (Fsp3) is 0.300. The molecule has 3 heterocycles. The standard InChI is InChI=1S/C20H21FN6OS/c21-15-5-1-3-13(9-15)16-10-24-19(22)26-18(16)14-4-2-7-27(11-14)12-17(28)25-20-23-6-8-29-20/h1,3,5-6,8-10,14H,2,4,7,11-12H2,(H2,22,24,26)(H,23,25,28)/t14-/m0/s1. The first-order valence-electron chi connectivity index (χ1n) is 9.38. The molecule has 1 aromatic carbocycles. The number of hydrogen-bond acceptors (Lipinski definition) is 7. The van der Waals surface area contributed by atoms with Gasteiger partial charge in [-0.3, -0.25) is 9.69 Å². The van der Waals surface area contributed by atoms with Crippen LogP contribution in [0, 0.1) is 5.82 Å². The summed E-state index contributed by atoms with van der Waals surface area (Å²) in [5.74, 6) is -0.124. The largest absolute Gasteiger partial charge is 0.368 e. The monoisotopic (exact) mass is 412 g/mol. The third kappa shape index (κ3) is 4.75. The van der Waals surface area contributed by atoms with Crippen LogP contribution in [0.4, 0.5) is 15.5 Å². The quantitative estimate of drug-likeness (QED) is 0.668. The van der Waals surface area contributed by atoms with Gasteiger partial charge in [0, 0.05) is 35.8 Å². The number of halogens is 1. The normalized spacial score (nSPS) is 17.2. The van der Waals surface area contributed by atoms with E-state index in [1.165, 1.54) is 23.5 Å². The number of amides is 1. The molecule has 7 nitrogen and oxygen atoms in total. The molecule has 9 heteroatoms. The summed E-state index contributed by atoms with van der Waals surface area (Å²) in [5.41, 5.74) is 8.15. The highest BCUT2D eigenvalue weighted by Gasteiger charge is 2.26. The van der Waals surface area contributed by atoms with Crippen molar-refractivity contribution in [3.05, 3.63) is 53.6 Å². The van der Waals surface area contributed by atoms with E-state index in [0.29, 0.717) is 11.7 Å². The fourth-order valence-electron chi connectivity index (χ4n) is 3.67. The Hall–Kier alpha value is -2.91. The average Bonchev–Trinajstić information content (AvgIpc) is 3.21. The van der Waals surface area contributed by atoms with Crippen molar-refractivity contribution in [2.24, 2.45) is 0 Å². The molecule has 0 bridgehead atoms. The second kappa shape index (κ2) is 8.62. The number of aromatic nitrogens is 3. The molecular formula is C20H21FN6OS. The predicted molar refractivity (Wildman–Crippen MR) is 111 cm³/mol. The van der Waals surface area contributed by atoms with E-state index in [4.69, 9.17) is 5.73 Å². The lowest BCUT2D eigenvalue weighted by molar-refractivity contribution is -0.117. The van der Waals surface area contributed by atoms with E-state index in [1.54, 1.807) is 18.5 Å². The zero-order valence-electron chi connectivity index (χ0n) is 15.7. The predicted octanol–water partition coefficient (Wildman–Crippen LogP) is 3.14. The molecule has 2 aromatic heterocycles. The number of nitrogens with zero attached hydrogens (tertiary/aromatic N) is 4. The number of rotatable bonds is 5. The number of benzene rings is 1. The summed E-state index contributed by atoms with van der Waals surface area (Å²) in [7, 11) is 0. The molecule has 1 aliphatic rings. The minimum atomic E-state index is -0.311. The van der Waals surface area contributed by atoms with Gasteiger partial charge in [-0.15, -0.1) is 11.3 Å². The van der Waals surface area contributed by atoms with Crippen LogP contribution in [0.2, 0.25) is 0 Å². The third-order valence-electron chi connectivity index (χ3n) is 4.91. The lowest BCUT2D eigenvalue weighted by Crippen LogP contribution is -2.40. The van der Waals surface area contributed by atoms with E-state index in [1.807, 2.05) is 11.4 Å². The van der Waals surface area contributed by atoms with E-state index in [2.05, 4.69) is 25.2 Å². The second-order valence-electron chi connectivity index (χ2n) is 7.00. The molecule has 0 radical (unpaired) electrons. The van der Waals surface area contributed by atoms with E-state index < -0.39 is 0 Å². The van der Waals surface area contributed by atoms with Gasteiger partial charge in [0.15, 0.2) is 5.13 Å². The summed E-state index contributed by atoms with van der Waals surface area (Å²) in [5, 5.41) is 5.23. The third-order valence-corrected chi connectivity index (χ3v) is 5.60. The molecule has 1 aliphatic heterocycles. The number of carbonyl (C=O) groups is 1. The first kappa shape index (κ1) is 19.4. The number of anilines is 2. The summed E-state index contributed by atoms with van der Waals surface area (Å²) in [6.07, 6.45) is 5.16. The molecule has 0 spiro atoms. The van der Waals surface area contributed by atoms with Gasteiger partial charge >= 0.3 is 0 Å². The van der Waals surface area contributed by atoms with Gasteiger partial charge in [0.25, 0.3) is 0 Å². The van der Waals surface area contributed by atoms with Crippen molar-refractivity contribution in [3.63, 3.8) is 0 Å². The number of hydrogen-bond donors (Lipinski definition) is 2. The maximum Gasteiger partial charge on any atom is 0.240 e. The molecule has 150 valence electrons. The minimum absolute atomic E-state index is 0.0833. The molecule has 1 atom stereocenters. The van der Waals surface area contributed by atoms with Gasteiger partial charge < -0.3 is 11.1 Å². The summed E-state index contributed by atoms with van der Waals surface area (Å²) in [4.78, 5) is 27.1. The average molecular weight is 412 g/mol. The van der Waals surface area contributed by atoms with Crippen LogP contribution < -0.4 is 11.1 Å². The van der Waals surface area contributed by atoms with Crippen molar-refractivity contribution in [2.45, 2.75) is 18.8 Å². The number of piperidine rings is 1. The van der Waals surface area contributed by atoms with Crippen LogP contribution in [0.1, 0.15) is 24.5 Å². The van der Waals surface area contributed by atoms with Gasteiger partial charge in [0.1, 0.15) is 5.82 Å². The molecule has 1 amide bonds. The lowest BCUT2D eigenvalue weighted by atomic mass is 9.90. The Morgan fingerprint density at radius 1 is 1.38 bits per heavy atom. The first-order valence-corrected chi connectivity index (χ1v) is 10.3. The van der Waals surface area contributed by atoms with E-state index in [0.717, 1.165) is 36.2 Å². The summed E-state index contributed by atoms with van der Waals surface area (Å²) < 4.78 is 13.7. The van der Waals surface area contributed by atoms with Crippen molar-refractivity contribution >= 4 is 28.3 Å². The van der Waals surface area contributed by atoms with Gasteiger partial charge in [-0.1, -0.05) is 12.1 Å². The molecule has 0 unspecified atom stereocenters. The molecule has 3 N–H and O–H groups in total. The van der Waals surface area contributed by atoms with Crippen LogP contribution in [0.15, 0.2) is 42.0 Å². The first-order chi connectivity index (χ1) is 14.1. The van der Waals surface area contributed by atoms with Gasteiger partial charge in [0.05, 0.1) is 12.2 Å². The van der Waals surface area contributed by atoms with E-state index >= 15 is 0 Å².